The van der Waals surface area contributed by atoms with E-state index in [1.54, 1.807) is 0 Å². The van der Waals surface area contributed by atoms with Crippen molar-refractivity contribution in [3.8, 4) is 0 Å². The predicted octanol–water partition coefficient (Wildman–Crippen LogP) is 4.21. The third kappa shape index (κ3) is 3.94. The highest BCUT2D eigenvalue weighted by Crippen LogP contribution is 2.24. The van der Waals surface area contributed by atoms with Gasteiger partial charge in [0.15, 0.2) is 0 Å². The fourth-order valence-electron chi connectivity index (χ4n) is 2.52. The van der Waals surface area contributed by atoms with Gasteiger partial charge in [0.2, 0.25) is 5.82 Å². The van der Waals surface area contributed by atoms with Crippen LogP contribution in [0.1, 0.15) is 36.5 Å². The van der Waals surface area contributed by atoms with Crippen LogP contribution in [0.25, 0.3) is 10.9 Å². The lowest BCUT2D eigenvalue weighted by atomic mass is 10.2. The number of rotatable bonds is 5. The molecule has 0 saturated carbocycles. The van der Waals surface area contributed by atoms with Gasteiger partial charge in [-0.05, 0) is 50.1 Å². The second-order valence-electron chi connectivity index (χ2n) is 6.19. The Balaban J connectivity index is 2.02. The SMILES string of the molecule is CC[C@@H](C)NC(=O)c1nc(Nc2cccc(C)c2)c2ccccc2n1. The van der Waals surface area contributed by atoms with E-state index in [-0.39, 0.29) is 17.8 Å². The summed E-state index contributed by atoms with van der Waals surface area (Å²) in [6.07, 6.45) is 0.855. The average molecular weight is 334 g/mol. The quantitative estimate of drug-likeness (QED) is 0.733. The topological polar surface area (TPSA) is 66.9 Å². The molecule has 2 aromatic carbocycles. The highest BCUT2D eigenvalue weighted by molar-refractivity contribution is 5.97. The first kappa shape index (κ1) is 16.9. The Morgan fingerprint density at radius 1 is 1.12 bits per heavy atom. The Bertz CT molecular complexity index is 907. The van der Waals surface area contributed by atoms with Crippen LogP contribution >= 0.6 is 0 Å². The van der Waals surface area contributed by atoms with E-state index >= 15 is 0 Å². The van der Waals surface area contributed by atoms with E-state index in [0.29, 0.717) is 5.82 Å². The van der Waals surface area contributed by atoms with Crippen LogP contribution < -0.4 is 10.6 Å². The summed E-state index contributed by atoms with van der Waals surface area (Å²) in [6.45, 7) is 6.02. The Hall–Kier alpha value is -2.95. The second-order valence-corrected chi connectivity index (χ2v) is 6.19. The Labute approximate surface area is 147 Å². The molecule has 0 radical (unpaired) electrons. The molecule has 0 saturated heterocycles. The standard InChI is InChI=1S/C20H22N4O/c1-4-14(3)21-20(25)19-23-17-11-6-5-10-16(17)18(24-19)22-15-9-7-8-13(2)12-15/h5-12,14H,4H2,1-3H3,(H,21,25)(H,22,23,24)/t14-/m1/s1. The molecular formula is C20H22N4O. The molecule has 1 heterocycles. The zero-order chi connectivity index (χ0) is 17.8. The summed E-state index contributed by atoms with van der Waals surface area (Å²) >= 11 is 0. The van der Waals surface area contributed by atoms with Crippen molar-refractivity contribution in [2.45, 2.75) is 33.2 Å². The van der Waals surface area contributed by atoms with Crippen LogP contribution in [0.2, 0.25) is 0 Å². The fourth-order valence-corrected chi connectivity index (χ4v) is 2.52. The molecule has 5 heteroatoms. The number of benzene rings is 2. The van der Waals surface area contributed by atoms with Crippen LogP contribution in [0.3, 0.4) is 0 Å². The van der Waals surface area contributed by atoms with Gasteiger partial charge in [-0.3, -0.25) is 4.79 Å². The summed E-state index contributed by atoms with van der Waals surface area (Å²) in [7, 11) is 0. The minimum absolute atomic E-state index is 0.0794. The fraction of sp³-hybridized carbons (Fsp3) is 0.250. The van der Waals surface area contributed by atoms with Gasteiger partial charge >= 0.3 is 0 Å². The van der Waals surface area contributed by atoms with E-state index in [2.05, 4.69) is 20.6 Å². The molecule has 128 valence electrons. The number of aromatic nitrogens is 2. The maximum absolute atomic E-state index is 12.5. The molecule has 1 atom stereocenters. The van der Waals surface area contributed by atoms with Crippen molar-refractivity contribution in [1.29, 1.82) is 0 Å². The normalized spacial score (nSPS) is 12.0. The number of nitrogens with one attached hydrogen (secondary N) is 2. The molecule has 0 unspecified atom stereocenters. The Kier molecular flexibility index (Phi) is 4.93. The molecule has 25 heavy (non-hydrogen) atoms. The zero-order valence-electron chi connectivity index (χ0n) is 14.7. The van der Waals surface area contributed by atoms with Crippen LogP contribution in [-0.2, 0) is 0 Å². The number of hydrogen-bond donors (Lipinski definition) is 2. The third-order valence-electron chi connectivity index (χ3n) is 4.08. The summed E-state index contributed by atoms with van der Waals surface area (Å²) in [5.41, 5.74) is 2.82. The maximum atomic E-state index is 12.5. The zero-order valence-corrected chi connectivity index (χ0v) is 14.7. The molecule has 0 aliphatic heterocycles. The number of carbonyl (C=O) groups is 1. The number of aryl methyl sites for hydroxylation is 1. The number of carbonyl (C=O) groups excluding carboxylic acids is 1. The molecule has 0 aliphatic rings. The van der Waals surface area contributed by atoms with Crippen molar-refractivity contribution in [2.75, 3.05) is 5.32 Å². The van der Waals surface area contributed by atoms with E-state index < -0.39 is 0 Å². The average Bonchev–Trinajstić information content (AvgIpc) is 2.61. The largest absolute Gasteiger partial charge is 0.347 e. The second kappa shape index (κ2) is 7.30. The smallest absolute Gasteiger partial charge is 0.289 e. The molecule has 0 aliphatic carbocycles. The van der Waals surface area contributed by atoms with Crippen molar-refractivity contribution < 1.29 is 4.79 Å². The molecule has 0 spiro atoms. The lowest BCUT2D eigenvalue weighted by molar-refractivity contribution is 0.0929. The summed E-state index contributed by atoms with van der Waals surface area (Å²) in [4.78, 5) is 21.4. The molecule has 5 nitrogen and oxygen atoms in total. The van der Waals surface area contributed by atoms with Crippen molar-refractivity contribution in [3.63, 3.8) is 0 Å². The van der Waals surface area contributed by atoms with Gasteiger partial charge in [0.05, 0.1) is 5.52 Å². The first-order chi connectivity index (χ1) is 12.1. The summed E-state index contributed by atoms with van der Waals surface area (Å²) in [5.74, 6) is 0.548. The van der Waals surface area contributed by atoms with Crippen LogP contribution in [0, 0.1) is 6.92 Å². The minimum atomic E-state index is -0.257. The molecule has 3 aromatic rings. The van der Waals surface area contributed by atoms with E-state index in [1.165, 1.54) is 0 Å². The summed E-state index contributed by atoms with van der Waals surface area (Å²) < 4.78 is 0. The van der Waals surface area contributed by atoms with E-state index in [0.717, 1.165) is 28.6 Å². The Morgan fingerprint density at radius 3 is 2.68 bits per heavy atom. The molecular weight excluding hydrogens is 312 g/mol. The van der Waals surface area contributed by atoms with E-state index in [9.17, 15) is 4.79 Å². The van der Waals surface area contributed by atoms with Gasteiger partial charge < -0.3 is 10.6 Å². The third-order valence-corrected chi connectivity index (χ3v) is 4.08. The first-order valence-electron chi connectivity index (χ1n) is 8.48. The number of amides is 1. The molecule has 2 N–H and O–H groups in total. The number of hydrogen-bond acceptors (Lipinski definition) is 4. The van der Waals surface area contributed by atoms with Gasteiger partial charge in [0, 0.05) is 17.1 Å². The summed E-state index contributed by atoms with van der Waals surface area (Å²) in [5, 5.41) is 7.12. The van der Waals surface area contributed by atoms with Crippen LogP contribution in [0.5, 0.6) is 0 Å². The highest BCUT2D eigenvalue weighted by Gasteiger charge is 2.15. The number of nitrogens with zero attached hydrogens (tertiary/aromatic N) is 2. The minimum Gasteiger partial charge on any atom is -0.347 e. The van der Waals surface area contributed by atoms with Crippen LogP contribution in [-0.4, -0.2) is 21.9 Å². The van der Waals surface area contributed by atoms with E-state index in [1.807, 2.05) is 69.3 Å². The lowest BCUT2D eigenvalue weighted by Gasteiger charge is -2.13. The van der Waals surface area contributed by atoms with Gasteiger partial charge in [-0.15, -0.1) is 0 Å². The maximum Gasteiger partial charge on any atom is 0.289 e. The van der Waals surface area contributed by atoms with Crippen LogP contribution in [0.4, 0.5) is 11.5 Å². The van der Waals surface area contributed by atoms with Crippen molar-refractivity contribution in [3.05, 3.63) is 59.9 Å². The van der Waals surface area contributed by atoms with Gasteiger partial charge in [-0.2, -0.15) is 0 Å². The Morgan fingerprint density at radius 2 is 1.92 bits per heavy atom. The van der Waals surface area contributed by atoms with Gasteiger partial charge in [-0.25, -0.2) is 9.97 Å². The van der Waals surface area contributed by atoms with Crippen molar-refractivity contribution in [2.24, 2.45) is 0 Å². The van der Waals surface area contributed by atoms with Crippen molar-refractivity contribution in [1.82, 2.24) is 15.3 Å². The van der Waals surface area contributed by atoms with Gasteiger partial charge in [0.1, 0.15) is 5.82 Å². The molecule has 0 fully saturated rings. The predicted molar refractivity (Wildman–Crippen MR) is 101 cm³/mol. The number of para-hydroxylation sites is 1. The van der Waals surface area contributed by atoms with Crippen molar-refractivity contribution >= 4 is 28.3 Å². The van der Waals surface area contributed by atoms with Gasteiger partial charge in [-0.1, -0.05) is 31.2 Å². The molecule has 1 aromatic heterocycles. The van der Waals surface area contributed by atoms with E-state index in [4.69, 9.17) is 0 Å². The summed E-state index contributed by atoms with van der Waals surface area (Å²) in [6, 6.07) is 15.8. The molecule has 0 bridgehead atoms. The first-order valence-corrected chi connectivity index (χ1v) is 8.48. The monoisotopic (exact) mass is 334 g/mol. The molecule has 1 amide bonds. The van der Waals surface area contributed by atoms with Gasteiger partial charge in [0.25, 0.3) is 5.91 Å². The highest BCUT2D eigenvalue weighted by atomic mass is 16.2. The lowest BCUT2D eigenvalue weighted by Crippen LogP contribution is -2.33. The number of fused-ring (bicyclic) bond motifs is 1. The molecule has 3 rings (SSSR count). The van der Waals surface area contributed by atoms with Crippen LogP contribution in [0.15, 0.2) is 48.5 Å². The number of anilines is 2.